The number of rotatable bonds is 6. The van der Waals surface area contributed by atoms with Crippen LogP contribution in [0.4, 0.5) is 17.1 Å². The average Bonchev–Trinajstić information content (AvgIpc) is 2.85. The van der Waals surface area contributed by atoms with E-state index in [1.807, 2.05) is 36.1 Å². The van der Waals surface area contributed by atoms with E-state index in [2.05, 4.69) is 10.0 Å². The van der Waals surface area contributed by atoms with Crippen molar-refractivity contribution in [2.75, 3.05) is 28.9 Å². The number of benzene rings is 3. The van der Waals surface area contributed by atoms with E-state index in [1.54, 1.807) is 18.2 Å². The average molecular weight is 507 g/mol. The van der Waals surface area contributed by atoms with Gasteiger partial charge < -0.3 is 16.0 Å². The second-order valence-electron chi connectivity index (χ2n) is 9.07. The number of nitrogens with zero attached hydrogens (tertiary/aromatic N) is 1. The number of piperidine rings is 1. The molecule has 0 radical (unpaired) electrons. The molecule has 3 aromatic rings. The van der Waals surface area contributed by atoms with Crippen molar-refractivity contribution in [2.45, 2.75) is 37.5 Å². The van der Waals surface area contributed by atoms with Crippen LogP contribution in [0, 0.1) is 6.92 Å². The maximum absolute atomic E-state index is 13.3. The van der Waals surface area contributed by atoms with E-state index in [0.717, 1.165) is 24.1 Å². The molecule has 0 saturated carbocycles. The summed E-state index contributed by atoms with van der Waals surface area (Å²) in [5, 5.41) is 2.60. The Morgan fingerprint density at radius 3 is 2.14 bits per heavy atom. The summed E-state index contributed by atoms with van der Waals surface area (Å²) in [7, 11) is -3.88. The molecule has 1 saturated heterocycles. The SMILES string of the molecule is CC(=O)Nc1ccc(S(=O)(=O)Nc2ccc(C)c(C(=O)N3CCC(c4ccc(N)cc4)CC3)c2)cc1. The molecule has 1 aliphatic rings. The Kier molecular flexibility index (Phi) is 7.30. The molecule has 0 aromatic heterocycles. The predicted octanol–water partition coefficient (Wildman–Crippen LogP) is 4.36. The number of aryl methyl sites for hydroxylation is 1. The lowest BCUT2D eigenvalue weighted by molar-refractivity contribution is -0.114. The topological polar surface area (TPSA) is 122 Å². The zero-order valence-corrected chi connectivity index (χ0v) is 21.1. The summed E-state index contributed by atoms with van der Waals surface area (Å²) >= 11 is 0. The summed E-state index contributed by atoms with van der Waals surface area (Å²) in [5.41, 5.74) is 9.83. The van der Waals surface area contributed by atoms with Crippen LogP contribution in [0.3, 0.4) is 0 Å². The Bertz CT molecular complexity index is 1360. The second-order valence-corrected chi connectivity index (χ2v) is 10.8. The van der Waals surface area contributed by atoms with Crippen molar-refractivity contribution in [3.8, 4) is 0 Å². The molecule has 1 heterocycles. The van der Waals surface area contributed by atoms with E-state index in [9.17, 15) is 18.0 Å². The van der Waals surface area contributed by atoms with Gasteiger partial charge in [0, 0.05) is 42.6 Å². The molecule has 3 aromatic carbocycles. The number of likely N-dealkylation sites (tertiary alicyclic amines) is 1. The van der Waals surface area contributed by atoms with Gasteiger partial charge in [0.2, 0.25) is 5.91 Å². The highest BCUT2D eigenvalue weighted by atomic mass is 32.2. The van der Waals surface area contributed by atoms with Crippen molar-refractivity contribution in [3.05, 3.63) is 83.4 Å². The number of nitrogens with one attached hydrogen (secondary N) is 2. The van der Waals surface area contributed by atoms with Gasteiger partial charge in [0.25, 0.3) is 15.9 Å². The second kappa shape index (κ2) is 10.4. The number of hydrogen-bond acceptors (Lipinski definition) is 5. The molecule has 0 unspecified atom stereocenters. The third-order valence-electron chi connectivity index (χ3n) is 6.40. The van der Waals surface area contributed by atoms with Gasteiger partial charge >= 0.3 is 0 Å². The molecule has 4 N–H and O–H groups in total. The minimum Gasteiger partial charge on any atom is -0.399 e. The maximum atomic E-state index is 13.3. The molecule has 0 spiro atoms. The summed E-state index contributed by atoms with van der Waals surface area (Å²) in [6, 6.07) is 18.7. The minimum atomic E-state index is -3.88. The highest BCUT2D eigenvalue weighted by molar-refractivity contribution is 7.92. The molecule has 0 bridgehead atoms. The first-order valence-electron chi connectivity index (χ1n) is 11.8. The Morgan fingerprint density at radius 2 is 1.53 bits per heavy atom. The summed E-state index contributed by atoms with van der Waals surface area (Å²) in [6.45, 7) is 4.48. The smallest absolute Gasteiger partial charge is 0.261 e. The number of carbonyl (C=O) groups is 2. The van der Waals surface area contributed by atoms with Crippen LogP contribution in [0.15, 0.2) is 71.6 Å². The van der Waals surface area contributed by atoms with Gasteiger partial charge in [0.15, 0.2) is 0 Å². The number of nitrogen functional groups attached to an aromatic ring is 1. The number of sulfonamides is 1. The highest BCUT2D eigenvalue weighted by Gasteiger charge is 2.26. The summed E-state index contributed by atoms with van der Waals surface area (Å²) in [6.07, 6.45) is 1.71. The quantitative estimate of drug-likeness (QED) is 0.429. The van der Waals surface area contributed by atoms with Gasteiger partial charge in [-0.05, 0) is 85.3 Å². The van der Waals surface area contributed by atoms with Crippen molar-refractivity contribution in [1.82, 2.24) is 4.90 Å². The molecular weight excluding hydrogens is 476 g/mol. The molecule has 188 valence electrons. The number of hydrogen-bond donors (Lipinski definition) is 3. The fourth-order valence-electron chi connectivity index (χ4n) is 4.41. The van der Waals surface area contributed by atoms with Crippen molar-refractivity contribution in [1.29, 1.82) is 0 Å². The molecule has 1 aliphatic heterocycles. The molecule has 4 rings (SSSR count). The van der Waals surface area contributed by atoms with Crippen molar-refractivity contribution < 1.29 is 18.0 Å². The molecule has 36 heavy (non-hydrogen) atoms. The van der Waals surface area contributed by atoms with Gasteiger partial charge in [-0.3, -0.25) is 14.3 Å². The van der Waals surface area contributed by atoms with Crippen molar-refractivity contribution in [2.24, 2.45) is 0 Å². The Balaban J connectivity index is 1.45. The van der Waals surface area contributed by atoms with Crippen LogP contribution >= 0.6 is 0 Å². The van der Waals surface area contributed by atoms with E-state index in [-0.39, 0.29) is 16.7 Å². The third-order valence-corrected chi connectivity index (χ3v) is 7.79. The Labute approximate surface area is 211 Å². The van der Waals surface area contributed by atoms with Crippen LogP contribution < -0.4 is 15.8 Å². The first-order chi connectivity index (χ1) is 17.1. The van der Waals surface area contributed by atoms with Crippen LogP contribution in [0.2, 0.25) is 0 Å². The maximum Gasteiger partial charge on any atom is 0.261 e. The fourth-order valence-corrected chi connectivity index (χ4v) is 5.45. The lowest BCUT2D eigenvalue weighted by Crippen LogP contribution is -2.38. The molecule has 8 nitrogen and oxygen atoms in total. The lowest BCUT2D eigenvalue weighted by atomic mass is 9.89. The van der Waals surface area contributed by atoms with Gasteiger partial charge in [-0.1, -0.05) is 18.2 Å². The van der Waals surface area contributed by atoms with E-state index >= 15 is 0 Å². The minimum absolute atomic E-state index is 0.0507. The predicted molar refractivity (Wildman–Crippen MR) is 141 cm³/mol. The Hall–Kier alpha value is -3.85. The van der Waals surface area contributed by atoms with Crippen LogP contribution in [0.1, 0.15) is 47.2 Å². The first-order valence-corrected chi connectivity index (χ1v) is 13.3. The monoisotopic (exact) mass is 506 g/mol. The number of carbonyl (C=O) groups excluding carboxylic acids is 2. The standard InChI is InChI=1S/C27H30N4O4S/c1-18-3-8-24(30-36(34,35)25-11-9-23(10-12-25)29-19(2)32)17-26(18)27(33)31-15-13-21(14-16-31)20-4-6-22(28)7-5-20/h3-12,17,21,30H,13-16,28H2,1-2H3,(H,29,32). The molecule has 0 aliphatic carbocycles. The van der Waals surface area contributed by atoms with E-state index in [4.69, 9.17) is 5.73 Å². The molecule has 2 amide bonds. The van der Waals surface area contributed by atoms with Gasteiger partial charge in [-0.15, -0.1) is 0 Å². The van der Waals surface area contributed by atoms with Gasteiger partial charge in [-0.2, -0.15) is 0 Å². The third kappa shape index (κ3) is 5.85. The summed E-state index contributed by atoms with van der Waals surface area (Å²) in [5.74, 6) is 0.0324. The zero-order valence-electron chi connectivity index (χ0n) is 20.3. The van der Waals surface area contributed by atoms with Crippen molar-refractivity contribution in [3.63, 3.8) is 0 Å². The van der Waals surface area contributed by atoms with Crippen LogP contribution in [0.25, 0.3) is 0 Å². The molecule has 0 atom stereocenters. The van der Waals surface area contributed by atoms with E-state index in [1.165, 1.54) is 36.8 Å². The summed E-state index contributed by atoms with van der Waals surface area (Å²) in [4.78, 5) is 26.4. The number of nitrogens with two attached hydrogens (primary N) is 1. The largest absolute Gasteiger partial charge is 0.399 e. The normalized spacial score (nSPS) is 14.3. The van der Waals surface area contributed by atoms with Crippen LogP contribution in [-0.4, -0.2) is 38.2 Å². The van der Waals surface area contributed by atoms with Crippen molar-refractivity contribution >= 4 is 38.9 Å². The molecule has 9 heteroatoms. The molecule has 1 fully saturated rings. The lowest BCUT2D eigenvalue weighted by Gasteiger charge is -2.32. The summed E-state index contributed by atoms with van der Waals surface area (Å²) < 4.78 is 28.3. The van der Waals surface area contributed by atoms with Crippen LogP contribution in [0.5, 0.6) is 0 Å². The van der Waals surface area contributed by atoms with Gasteiger partial charge in [-0.25, -0.2) is 8.42 Å². The van der Waals surface area contributed by atoms with E-state index in [0.29, 0.717) is 35.9 Å². The fraction of sp³-hybridized carbons (Fsp3) is 0.259. The Morgan fingerprint density at radius 1 is 0.917 bits per heavy atom. The van der Waals surface area contributed by atoms with Gasteiger partial charge in [0.05, 0.1) is 4.90 Å². The first kappa shape index (κ1) is 25.2. The highest BCUT2D eigenvalue weighted by Crippen LogP contribution is 2.30. The van der Waals surface area contributed by atoms with Crippen LogP contribution in [-0.2, 0) is 14.8 Å². The number of anilines is 3. The van der Waals surface area contributed by atoms with Gasteiger partial charge in [0.1, 0.15) is 0 Å². The van der Waals surface area contributed by atoms with E-state index < -0.39 is 10.0 Å². The number of amides is 2. The zero-order chi connectivity index (χ0) is 25.9. The molecular formula is C27H30N4O4S.